The summed E-state index contributed by atoms with van der Waals surface area (Å²) in [5, 5.41) is 20.1. The van der Waals surface area contributed by atoms with Crippen molar-refractivity contribution in [1.82, 2.24) is 25.0 Å². The Bertz CT molecular complexity index is 1110. The molecule has 0 N–H and O–H groups in total. The van der Waals surface area contributed by atoms with Gasteiger partial charge in [-0.15, -0.1) is 5.10 Å². The first kappa shape index (κ1) is 16.2. The summed E-state index contributed by atoms with van der Waals surface area (Å²) >= 11 is 1.21. The summed E-state index contributed by atoms with van der Waals surface area (Å²) in [5.74, 6) is 0.0910. The number of rotatable bonds is 4. The lowest BCUT2D eigenvalue weighted by molar-refractivity contribution is -0.388. The molecule has 4 aromatic rings. The van der Waals surface area contributed by atoms with E-state index in [1.165, 1.54) is 22.8 Å². The lowest BCUT2D eigenvalue weighted by atomic mass is 10.2. The van der Waals surface area contributed by atoms with Gasteiger partial charge in [-0.05, 0) is 31.2 Å². The number of para-hydroxylation sites is 1. The molecular formula is C17H12N6O2S. The second-order valence-electron chi connectivity index (χ2n) is 5.51. The smallest absolute Gasteiger partial charge is 0.258 e. The molecule has 0 saturated carbocycles. The summed E-state index contributed by atoms with van der Waals surface area (Å²) in [7, 11) is 0. The average molecular weight is 364 g/mol. The zero-order valence-corrected chi connectivity index (χ0v) is 14.4. The summed E-state index contributed by atoms with van der Waals surface area (Å²) in [6.45, 7) is 1.98. The van der Waals surface area contributed by atoms with Crippen LogP contribution in [0.3, 0.4) is 0 Å². The Hall–Kier alpha value is -3.33. The predicted molar refractivity (Wildman–Crippen MR) is 96.4 cm³/mol. The van der Waals surface area contributed by atoms with E-state index in [2.05, 4.69) is 20.3 Å². The molecule has 0 aliphatic rings. The maximum Gasteiger partial charge on any atom is 0.346 e. The number of nitrogens with zero attached hydrogens (tertiary/aromatic N) is 6. The van der Waals surface area contributed by atoms with Crippen LogP contribution < -0.4 is 0 Å². The molecule has 0 aliphatic heterocycles. The van der Waals surface area contributed by atoms with Gasteiger partial charge in [-0.2, -0.15) is 4.68 Å². The molecule has 26 heavy (non-hydrogen) atoms. The van der Waals surface area contributed by atoms with Crippen LogP contribution in [0, 0.1) is 17.0 Å². The number of benzene rings is 2. The normalized spacial score (nSPS) is 11.0. The van der Waals surface area contributed by atoms with Crippen molar-refractivity contribution >= 4 is 28.5 Å². The number of nitro groups is 1. The standard InChI is InChI=1S/C17H12N6O2S/c1-11-6-8-12(9-7-11)26-17-15(23(24)25)16(18-10-19-17)22-14-5-3-2-4-13(14)20-21-22/h2-10H,1H3. The molecule has 0 radical (unpaired) electrons. The molecule has 9 heteroatoms. The van der Waals surface area contributed by atoms with E-state index in [0.29, 0.717) is 11.0 Å². The third-order valence-electron chi connectivity index (χ3n) is 3.74. The molecule has 2 aromatic carbocycles. The Morgan fingerprint density at radius 1 is 1.08 bits per heavy atom. The molecule has 0 spiro atoms. The predicted octanol–water partition coefficient (Wildman–Crippen LogP) is 3.58. The number of aryl methyl sites for hydroxylation is 1. The minimum Gasteiger partial charge on any atom is -0.258 e. The summed E-state index contributed by atoms with van der Waals surface area (Å²) in [6.07, 6.45) is 1.30. The first-order chi connectivity index (χ1) is 12.6. The molecule has 0 fully saturated rings. The SMILES string of the molecule is Cc1ccc(Sc2ncnc(-n3nnc4ccccc43)c2[N+](=O)[O-])cc1. The topological polar surface area (TPSA) is 99.6 Å². The number of fused-ring (bicyclic) bond motifs is 1. The lowest BCUT2D eigenvalue weighted by Gasteiger charge is -2.06. The van der Waals surface area contributed by atoms with E-state index in [9.17, 15) is 10.1 Å². The van der Waals surface area contributed by atoms with Crippen molar-refractivity contribution in [3.05, 3.63) is 70.5 Å². The van der Waals surface area contributed by atoms with Crippen molar-refractivity contribution in [1.29, 1.82) is 0 Å². The van der Waals surface area contributed by atoms with Crippen molar-refractivity contribution in [3.8, 4) is 5.82 Å². The van der Waals surface area contributed by atoms with Crippen LogP contribution in [-0.4, -0.2) is 29.9 Å². The zero-order chi connectivity index (χ0) is 18.1. The van der Waals surface area contributed by atoms with E-state index >= 15 is 0 Å². The fourth-order valence-corrected chi connectivity index (χ4v) is 3.34. The fourth-order valence-electron chi connectivity index (χ4n) is 2.49. The van der Waals surface area contributed by atoms with Crippen LogP contribution in [0.5, 0.6) is 0 Å². The van der Waals surface area contributed by atoms with Gasteiger partial charge in [-0.25, -0.2) is 9.97 Å². The monoisotopic (exact) mass is 364 g/mol. The van der Waals surface area contributed by atoms with Gasteiger partial charge in [0.15, 0.2) is 5.03 Å². The Balaban J connectivity index is 1.86. The van der Waals surface area contributed by atoms with Crippen LogP contribution in [0.25, 0.3) is 16.9 Å². The Kier molecular flexibility index (Phi) is 4.05. The number of hydrogen-bond acceptors (Lipinski definition) is 7. The molecule has 2 aromatic heterocycles. The van der Waals surface area contributed by atoms with Crippen LogP contribution in [0.15, 0.2) is 64.8 Å². The third kappa shape index (κ3) is 2.88. The first-order valence-electron chi connectivity index (χ1n) is 7.68. The quantitative estimate of drug-likeness (QED) is 0.310. The highest BCUT2D eigenvalue weighted by Gasteiger charge is 2.26. The molecule has 0 amide bonds. The molecule has 0 bridgehead atoms. The van der Waals surface area contributed by atoms with Crippen LogP contribution >= 0.6 is 11.8 Å². The summed E-state index contributed by atoms with van der Waals surface area (Å²) < 4.78 is 1.37. The van der Waals surface area contributed by atoms with Gasteiger partial charge in [0.1, 0.15) is 11.8 Å². The minimum atomic E-state index is -0.484. The van der Waals surface area contributed by atoms with Crippen molar-refractivity contribution in [2.45, 2.75) is 16.8 Å². The average Bonchev–Trinajstić information content (AvgIpc) is 3.07. The second kappa shape index (κ2) is 6.52. The lowest BCUT2D eigenvalue weighted by Crippen LogP contribution is -2.07. The van der Waals surface area contributed by atoms with Crippen molar-refractivity contribution in [3.63, 3.8) is 0 Å². The first-order valence-corrected chi connectivity index (χ1v) is 8.50. The summed E-state index contributed by atoms with van der Waals surface area (Å²) in [5.41, 5.74) is 2.18. The van der Waals surface area contributed by atoms with Gasteiger partial charge in [0.2, 0.25) is 5.82 Å². The Morgan fingerprint density at radius 2 is 1.85 bits per heavy atom. The maximum atomic E-state index is 11.8. The van der Waals surface area contributed by atoms with E-state index in [1.54, 1.807) is 12.1 Å². The Labute approximate surface area is 152 Å². The van der Waals surface area contributed by atoms with Gasteiger partial charge in [-0.3, -0.25) is 10.1 Å². The van der Waals surface area contributed by atoms with E-state index in [1.807, 2.05) is 43.3 Å². The molecule has 0 saturated heterocycles. The highest BCUT2D eigenvalue weighted by Crippen LogP contribution is 2.36. The largest absolute Gasteiger partial charge is 0.346 e. The van der Waals surface area contributed by atoms with E-state index in [4.69, 9.17) is 0 Å². The van der Waals surface area contributed by atoms with E-state index in [-0.39, 0.29) is 16.5 Å². The van der Waals surface area contributed by atoms with E-state index in [0.717, 1.165) is 10.5 Å². The van der Waals surface area contributed by atoms with Gasteiger partial charge in [0.05, 0.1) is 10.4 Å². The van der Waals surface area contributed by atoms with Gasteiger partial charge in [0.25, 0.3) is 0 Å². The van der Waals surface area contributed by atoms with Crippen LogP contribution in [0.4, 0.5) is 5.69 Å². The molecule has 2 heterocycles. The molecule has 128 valence electrons. The zero-order valence-electron chi connectivity index (χ0n) is 13.6. The highest BCUT2D eigenvalue weighted by molar-refractivity contribution is 7.99. The summed E-state index contributed by atoms with van der Waals surface area (Å²) in [4.78, 5) is 20.4. The molecule has 0 atom stereocenters. The third-order valence-corrected chi connectivity index (χ3v) is 4.74. The van der Waals surface area contributed by atoms with Crippen LogP contribution in [-0.2, 0) is 0 Å². The molecule has 0 aliphatic carbocycles. The minimum absolute atomic E-state index is 0.0910. The van der Waals surface area contributed by atoms with Crippen LogP contribution in [0.1, 0.15) is 5.56 Å². The maximum absolute atomic E-state index is 11.8. The van der Waals surface area contributed by atoms with E-state index < -0.39 is 4.92 Å². The highest BCUT2D eigenvalue weighted by atomic mass is 32.2. The van der Waals surface area contributed by atoms with Crippen molar-refractivity contribution in [2.24, 2.45) is 0 Å². The molecular weight excluding hydrogens is 352 g/mol. The second-order valence-corrected chi connectivity index (χ2v) is 6.58. The molecule has 0 unspecified atom stereocenters. The van der Waals surface area contributed by atoms with Crippen LogP contribution in [0.2, 0.25) is 0 Å². The fraction of sp³-hybridized carbons (Fsp3) is 0.0588. The van der Waals surface area contributed by atoms with Gasteiger partial charge in [0, 0.05) is 4.90 Å². The summed E-state index contributed by atoms with van der Waals surface area (Å²) in [6, 6.07) is 14.9. The van der Waals surface area contributed by atoms with Crippen molar-refractivity contribution < 1.29 is 4.92 Å². The number of aromatic nitrogens is 5. The van der Waals surface area contributed by atoms with Gasteiger partial charge >= 0.3 is 5.69 Å². The molecule has 4 rings (SSSR count). The molecule has 8 nitrogen and oxygen atoms in total. The van der Waals surface area contributed by atoms with Gasteiger partial charge < -0.3 is 0 Å². The van der Waals surface area contributed by atoms with Gasteiger partial charge in [-0.1, -0.05) is 46.8 Å². The Morgan fingerprint density at radius 3 is 2.62 bits per heavy atom. The van der Waals surface area contributed by atoms with Crippen molar-refractivity contribution in [2.75, 3.05) is 0 Å². The number of hydrogen-bond donors (Lipinski definition) is 0.